The molecule has 1 saturated carbocycles. The number of nitrogens with one attached hydrogen (secondary N) is 2. The summed E-state index contributed by atoms with van der Waals surface area (Å²) in [7, 11) is 0. The van der Waals surface area contributed by atoms with Gasteiger partial charge in [0.15, 0.2) is 11.6 Å². The van der Waals surface area contributed by atoms with Gasteiger partial charge in [-0.1, -0.05) is 37.3 Å². The first kappa shape index (κ1) is 26.3. The number of amides is 2. The van der Waals surface area contributed by atoms with E-state index in [1.54, 1.807) is 4.68 Å². The molecule has 0 aliphatic heterocycles. The van der Waals surface area contributed by atoms with E-state index in [4.69, 9.17) is 11.6 Å². The maximum atomic E-state index is 14.7. The van der Waals surface area contributed by atoms with Crippen LogP contribution in [0.2, 0.25) is 5.02 Å². The normalized spacial score (nSPS) is 17.1. The highest BCUT2D eigenvalue weighted by molar-refractivity contribution is 6.34. The predicted octanol–water partition coefficient (Wildman–Crippen LogP) is 5.12. The molecule has 7 nitrogen and oxygen atoms in total. The number of carbonyl (C=O) groups excluding carboxylic acids is 2. The molecule has 192 valence electrons. The summed E-state index contributed by atoms with van der Waals surface area (Å²) in [4.78, 5) is 29.0. The van der Waals surface area contributed by atoms with Crippen LogP contribution in [-0.2, 0) is 4.79 Å². The third-order valence-corrected chi connectivity index (χ3v) is 6.42. The Hall–Kier alpha value is -3.77. The Bertz CT molecular complexity index is 1350. The number of hydrogen-bond acceptors (Lipinski definition) is 4. The Balaban J connectivity index is 1.43. The number of carbonyl (C=O) groups is 2. The number of halogens is 3. The number of aromatic nitrogens is 3. The molecule has 3 aromatic rings. The van der Waals surface area contributed by atoms with Crippen molar-refractivity contribution in [3.8, 4) is 11.8 Å². The number of benzene rings is 1. The zero-order chi connectivity index (χ0) is 26.5. The SMILES string of the molecule is CC(C)C(=O)NC1CCC(n2ncc(Cl)c2C(=O)Nc2ncc(C#Cc3ccc(F)cc3)cc2F)CC1. The molecule has 0 atom stereocenters. The van der Waals surface area contributed by atoms with Crippen molar-refractivity contribution in [3.63, 3.8) is 0 Å². The van der Waals surface area contributed by atoms with Crippen molar-refractivity contribution in [2.75, 3.05) is 5.32 Å². The minimum absolute atomic E-state index is 0.0210. The van der Waals surface area contributed by atoms with Crippen molar-refractivity contribution in [2.24, 2.45) is 5.92 Å². The summed E-state index contributed by atoms with van der Waals surface area (Å²) < 4.78 is 29.3. The standard InChI is InChI=1S/C27H26ClF2N5O2/c1-16(2)26(36)33-20-9-11-21(12-10-20)35-24(22(28)15-32-35)27(37)34-25-23(30)13-18(14-31-25)4-3-17-5-7-19(29)8-6-17/h5-8,13-16,20-21H,9-12H2,1-2H3,(H,33,36)(H,31,34,37). The Labute approximate surface area is 218 Å². The summed E-state index contributed by atoms with van der Waals surface area (Å²) in [6.07, 6.45) is 5.63. The van der Waals surface area contributed by atoms with Crippen LogP contribution in [0, 0.1) is 29.4 Å². The van der Waals surface area contributed by atoms with E-state index in [1.807, 2.05) is 13.8 Å². The lowest BCUT2D eigenvalue weighted by Crippen LogP contribution is -2.40. The van der Waals surface area contributed by atoms with Crippen molar-refractivity contribution in [3.05, 3.63) is 76.2 Å². The molecule has 2 amide bonds. The molecule has 2 heterocycles. The maximum Gasteiger partial charge on any atom is 0.276 e. The maximum absolute atomic E-state index is 14.7. The van der Waals surface area contributed by atoms with Crippen molar-refractivity contribution in [1.82, 2.24) is 20.1 Å². The lowest BCUT2D eigenvalue weighted by Gasteiger charge is -2.30. The fourth-order valence-electron chi connectivity index (χ4n) is 4.11. The lowest BCUT2D eigenvalue weighted by molar-refractivity contribution is -0.125. The second-order valence-corrected chi connectivity index (χ2v) is 9.63. The third kappa shape index (κ3) is 6.52. The van der Waals surface area contributed by atoms with Gasteiger partial charge in [-0.05, 0) is 56.0 Å². The third-order valence-electron chi connectivity index (χ3n) is 6.15. The van der Waals surface area contributed by atoms with E-state index in [0.717, 1.165) is 18.9 Å². The van der Waals surface area contributed by atoms with Gasteiger partial charge >= 0.3 is 0 Å². The van der Waals surface area contributed by atoms with E-state index in [2.05, 4.69) is 32.6 Å². The number of rotatable bonds is 5. The zero-order valence-electron chi connectivity index (χ0n) is 20.4. The van der Waals surface area contributed by atoms with Crippen LogP contribution in [0.1, 0.15) is 67.2 Å². The van der Waals surface area contributed by atoms with Crippen LogP contribution < -0.4 is 10.6 Å². The quantitative estimate of drug-likeness (QED) is 0.453. The summed E-state index contributed by atoms with van der Waals surface area (Å²) in [5, 5.41) is 9.96. The summed E-state index contributed by atoms with van der Waals surface area (Å²) in [6, 6.07) is 6.76. The first-order valence-electron chi connectivity index (χ1n) is 12.0. The van der Waals surface area contributed by atoms with Gasteiger partial charge in [-0.3, -0.25) is 14.3 Å². The number of anilines is 1. The second kappa shape index (κ2) is 11.5. The van der Waals surface area contributed by atoms with E-state index in [0.29, 0.717) is 24.0 Å². The van der Waals surface area contributed by atoms with E-state index in [9.17, 15) is 18.4 Å². The summed E-state index contributed by atoms with van der Waals surface area (Å²) in [5.74, 6) is 3.48. The fraction of sp³-hybridized carbons (Fsp3) is 0.333. The molecule has 1 aliphatic rings. The predicted molar refractivity (Wildman–Crippen MR) is 136 cm³/mol. The molecular formula is C27H26ClF2N5O2. The summed E-state index contributed by atoms with van der Waals surface area (Å²) in [6.45, 7) is 3.70. The minimum Gasteiger partial charge on any atom is -0.353 e. The average molecular weight is 526 g/mol. The Morgan fingerprint density at radius 1 is 1.05 bits per heavy atom. The van der Waals surface area contributed by atoms with Crippen LogP contribution in [-0.4, -0.2) is 32.6 Å². The molecule has 10 heteroatoms. The monoisotopic (exact) mass is 525 g/mol. The van der Waals surface area contributed by atoms with Crippen LogP contribution in [0.15, 0.2) is 42.7 Å². The van der Waals surface area contributed by atoms with Gasteiger partial charge in [0, 0.05) is 29.3 Å². The van der Waals surface area contributed by atoms with Crippen molar-refractivity contribution in [1.29, 1.82) is 0 Å². The Kier molecular flexibility index (Phi) is 8.19. The fourth-order valence-corrected chi connectivity index (χ4v) is 4.32. The molecule has 2 aromatic heterocycles. The van der Waals surface area contributed by atoms with Gasteiger partial charge in [-0.2, -0.15) is 5.10 Å². The first-order valence-corrected chi connectivity index (χ1v) is 12.4. The largest absolute Gasteiger partial charge is 0.353 e. The molecule has 4 rings (SSSR count). The number of pyridine rings is 1. The Morgan fingerprint density at radius 2 is 1.73 bits per heavy atom. The highest BCUT2D eigenvalue weighted by atomic mass is 35.5. The minimum atomic E-state index is -0.761. The highest BCUT2D eigenvalue weighted by Gasteiger charge is 2.29. The van der Waals surface area contributed by atoms with Crippen LogP contribution in [0.25, 0.3) is 0 Å². The molecule has 0 spiro atoms. The molecule has 2 N–H and O–H groups in total. The van der Waals surface area contributed by atoms with Crippen molar-refractivity contribution < 1.29 is 18.4 Å². The van der Waals surface area contributed by atoms with E-state index in [-0.39, 0.29) is 46.3 Å². The van der Waals surface area contributed by atoms with Gasteiger partial charge in [0.25, 0.3) is 5.91 Å². The van der Waals surface area contributed by atoms with Gasteiger partial charge in [0.05, 0.1) is 17.3 Å². The molecule has 37 heavy (non-hydrogen) atoms. The van der Waals surface area contributed by atoms with E-state index in [1.165, 1.54) is 36.7 Å². The van der Waals surface area contributed by atoms with Gasteiger partial charge in [0.1, 0.15) is 11.5 Å². The highest BCUT2D eigenvalue weighted by Crippen LogP contribution is 2.31. The zero-order valence-corrected chi connectivity index (χ0v) is 21.1. The van der Waals surface area contributed by atoms with Gasteiger partial charge in [0.2, 0.25) is 5.91 Å². The van der Waals surface area contributed by atoms with Gasteiger partial charge in [-0.25, -0.2) is 13.8 Å². The molecular weight excluding hydrogens is 500 g/mol. The van der Waals surface area contributed by atoms with Gasteiger partial charge in [-0.15, -0.1) is 0 Å². The number of nitrogens with zero attached hydrogens (tertiary/aromatic N) is 3. The van der Waals surface area contributed by atoms with Crippen molar-refractivity contribution >= 4 is 29.2 Å². The van der Waals surface area contributed by atoms with Crippen LogP contribution in [0.4, 0.5) is 14.6 Å². The molecule has 0 unspecified atom stereocenters. The van der Waals surface area contributed by atoms with E-state index < -0.39 is 11.7 Å². The summed E-state index contributed by atoms with van der Waals surface area (Å²) >= 11 is 6.27. The van der Waals surface area contributed by atoms with Crippen molar-refractivity contribution in [2.45, 2.75) is 51.6 Å². The molecule has 1 aromatic carbocycles. The van der Waals surface area contributed by atoms with Crippen LogP contribution >= 0.6 is 11.6 Å². The lowest BCUT2D eigenvalue weighted by atomic mass is 9.90. The molecule has 0 saturated heterocycles. The molecule has 1 fully saturated rings. The average Bonchev–Trinajstić information content (AvgIpc) is 3.27. The van der Waals surface area contributed by atoms with Crippen LogP contribution in [0.3, 0.4) is 0 Å². The Morgan fingerprint density at radius 3 is 2.38 bits per heavy atom. The number of hydrogen-bond donors (Lipinski definition) is 2. The smallest absolute Gasteiger partial charge is 0.276 e. The van der Waals surface area contributed by atoms with Gasteiger partial charge < -0.3 is 10.6 Å². The molecule has 0 radical (unpaired) electrons. The topological polar surface area (TPSA) is 88.9 Å². The van der Waals surface area contributed by atoms with Crippen LogP contribution in [0.5, 0.6) is 0 Å². The second-order valence-electron chi connectivity index (χ2n) is 9.22. The molecule has 0 bridgehead atoms. The summed E-state index contributed by atoms with van der Waals surface area (Å²) in [5.41, 5.74) is 0.986. The van der Waals surface area contributed by atoms with E-state index >= 15 is 0 Å². The first-order chi connectivity index (χ1) is 17.7. The molecule has 1 aliphatic carbocycles.